The quantitative estimate of drug-likeness (QED) is 0.906. The molecule has 0 aliphatic rings. The molecule has 5 nitrogen and oxygen atoms in total. The Morgan fingerprint density at radius 1 is 1.45 bits per heavy atom. The van der Waals surface area contributed by atoms with Crippen molar-refractivity contribution < 1.29 is 17.9 Å². The standard InChI is InChI=1S/C11H15ClF3N3O2/c1-10(2,6-20-3)17-7-4-16-18(5-11(13,14)15)9(19)8(7)12/h4,17H,5-6H2,1-3H3. The number of hydrogen-bond donors (Lipinski definition) is 1. The van der Waals surface area contributed by atoms with Gasteiger partial charge in [-0.25, -0.2) is 4.68 Å². The number of nitrogens with zero attached hydrogens (tertiary/aromatic N) is 2. The van der Waals surface area contributed by atoms with Gasteiger partial charge in [-0.3, -0.25) is 4.79 Å². The molecule has 0 amide bonds. The number of nitrogens with one attached hydrogen (secondary N) is 1. The summed E-state index contributed by atoms with van der Waals surface area (Å²) in [7, 11) is 1.50. The van der Waals surface area contributed by atoms with E-state index in [1.54, 1.807) is 13.8 Å². The molecular weight excluding hydrogens is 299 g/mol. The molecule has 1 aromatic heterocycles. The summed E-state index contributed by atoms with van der Waals surface area (Å²) in [6.07, 6.45) is -3.45. The molecule has 1 rings (SSSR count). The molecule has 1 N–H and O–H groups in total. The maximum Gasteiger partial charge on any atom is 0.408 e. The zero-order valence-corrected chi connectivity index (χ0v) is 12.0. The highest BCUT2D eigenvalue weighted by Gasteiger charge is 2.30. The molecular formula is C11H15ClF3N3O2. The molecule has 0 fully saturated rings. The lowest BCUT2D eigenvalue weighted by Crippen LogP contribution is -2.37. The first-order valence-corrected chi connectivity index (χ1v) is 6.03. The second-order valence-electron chi connectivity index (χ2n) is 4.89. The molecule has 1 heterocycles. The zero-order chi connectivity index (χ0) is 15.6. The smallest absolute Gasteiger partial charge is 0.382 e. The van der Waals surface area contributed by atoms with Crippen LogP contribution in [0, 0.1) is 0 Å². The molecule has 0 bridgehead atoms. The van der Waals surface area contributed by atoms with Crippen LogP contribution in [0.25, 0.3) is 0 Å². The predicted octanol–water partition coefficient (Wildman–Crippen LogP) is 2.30. The van der Waals surface area contributed by atoms with Gasteiger partial charge < -0.3 is 10.1 Å². The Morgan fingerprint density at radius 2 is 2.05 bits per heavy atom. The molecule has 9 heteroatoms. The monoisotopic (exact) mass is 313 g/mol. The molecule has 114 valence electrons. The van der Waals surface area contributed by atoms with Crippen molar-refractivity contribution in [3.63, 3.8) is 0 Å². The Balaban J connectivity index is 3.04. The lowest BCUT2D eigenvalue weighted by atomic mass is 10.1. The summed E-state index contributed by atoms with van der Waals surface area (Å²) in [5, 5.41) is 6.03. The third-order valence-electron chi connectivity index (χ3n) is 2.29. The Labute approximate surface area is 118 Å². The molecule has 0 aromatic carbocycles. The predicted molar refractivity (Wildman–Crippen MR) is 69.1 cm³/mol. The Morgan fingerprint density at radius 3 is 2.55 bits per heavy atom. The summed E-state index contributed by atoms with van der Waals surface area (Å²) in [6, 6.07) is 0. The van der Waals surface area contributed by atoms with Crippen LogP contribution < -0.4 is 10.9 Å². The summed E-state index contributed by atoms with van der Waals surface area (Å²) >= 11 is 5.79. The van der Waals surface area contributed by atoms with Crippen molar-refractivity contribution >= 4 is 17.3 Å². The van der Waals surface area contributed by atoms with Gasteiger partial charge in [-0.2, -0.15) is 18.3 Å². The van der Waals surface area contributed by atoms with Gasteiger partial charge in [0.1, 0.15) is 11.6 Å². The number of aromatic nitrogens is 2. The second kappa shape index (κ2) is 6.01. The van der Waals surface area contributed by atoms with Crippen molar-refractivity contribution in [1.29, 1.82) is 0 Å². The molecule has 0 unspecified atom stereocenters. The molecule has 0 aliphatic heterocycles. The van der Waals surface area contributed by atoms with Crippen molar-refractivity contribution in [2.75, 3.05) is 19.0 Å². The highest BCUT2D eigenvalue weighted by Crippen LogP contribution is 2.22. The Kier molecular flexibility index (Phi) is 5.04. The van der Waals surface area contributed by atoms with E-state index in [1.165, 1.54) is 7.11 Å². The molecule has 0 aliphatic carbocycles. The summed E-state index contributed by atoms with van der Waals surface area (Å²) in [5.74, 6) is 0. The van der Waals surface area contributed by atoms with Crippen LogP contribution in [0.2, 0.25) is 5.02 Å². The van der Waals surface area contributed by atoms with E-state index in [-0.39, 0.29) is 15.4 Å². The van der Waals surface area contributed by atoms with Crippen LogP contribution in [0.3, 0.4) is 0 Å². The Hall–Kier alpha value is -1.28. The van der Waals surface area contributed by atoms with Crippen LogP contribution in [0.15, 0.2) is 11.0 Å². The number of ether oxygens (including phenoxy) is 1. The van der Waals surface area contributed by atoms with E-state index in [1.807, 2.05) is 0 Å². The normalized spacial score (nSPS) is 12.6. The fraction of sp³-hybridized carbons (Fsp3) is 0.636. The van der Waals surface area contributed by atoms with E-state index in [2.05, 4.69) is 10.4 Å². The highest BCUT2D eigenvalue weighted by molar-refractivity contribution is 6.32. The van der Waals surface area contributed by atoms with E-state index in [0.29, 0.717) is 6.61 Å². The lowest BCUT2D eigenvalue weighted by molar-refractivity contribution is -0.143. The van der Waals surface area contributed by atoms with Gasteiger partial charge in [0, 0.05) is 7.11 Å². The molecule has 0 saturated heterocycles. The second-order valence-corrected chi connectivity index (χ2v) is 5.27. The van der Waals surface area contributed by atoms with Crippen LogP contribution in [0.4, 0.5) is 18.9 Å². The van der Waals surface area contributed by atoms with Crippen LogP contribution in [0.1, 0.15) is 13.8 Å². The van der Waals surface area contributed by atoms with E-state index in [0.717, 1.165) is 6.20 Å². The van der Waals surface area contributed by atoms with E-state index >= 15 is 0 Å². The first-order chi connectivity index (χ1) is 9.06. The summed E-state index contributed by atoms with van der Waals surface area (Å²) in [5.41, 5.74) is -1.39. The molecule has 0 radical (unpaired) electrons. The van der Waals surface area contributed by atoms with Gasteiger partial charge in [0.05, 0.1) is 24.0 Å². The van der Waals surface area contributed by atoms with Crippen molar-refractivity contribution in [1.82, 2.24) is 9.78 Å². The lowest BCUT2D eigenvalue weighted by Gasteiger charge is -2.26. The average molecular weight is 314 g/mol. The van der Waals surface area contributed by atoms with Gasteiger partial charge >= 0.3 is 6.18 Å². The van der Waals surface area contributed by atoms with Gasteiger partial charge in [-0.15, -0.1) is 0 Å². The van der Waals surface area contributed by atoms with Crippen molar-refractivity contribution in [2.24, 2.45) is 0 Å². The maximum atomic E-state index is 12.3. The SMILES string of the molecule is COCC(C)(C)Nc1cnn(CC(F)(F)F)c(=O)c1Cl. The molecule has 0 atom stereocenters. The van der Waals surface area contributed by atoms with Gasteiger partial charge in [-0.05, 0) is 13.8 Å². The van der Waals surface area contributed by atoms with Crippen LogP contribution >= 0.6 is 11.6 Å². The largest absolute Gasteiger partial charge is 0.408 e. The minimum Gasteiger partial charge on any atom is -0.382 e. The zero-order valence-electron chi connectivity index (χ0n) is 11.2. The van der Waals surface area contributed by atoms with E-state index in [9.17, 15) is 18.0 Å². The van der Waals surface area contributed by atoms with Gasteiger partial charge in [0.15, 0.2) is 0 Å². The minimum absolute atomic E-state index is 0.164. The fourth-order valence-corrected chi connectivity index (χ4v) is 1.79. The third-order valence-corrected chi connectivity index (χ3v) is 2.66. The van der Waals surface area contributed by atoms with Crippen LogP contribution in [-0.2, 0) is 11.3 Å². The highest BCUT2D eigenvalue weighted by atomic mass is 35.5. The number of methoxy groups -OCH3 is 1. The first kappa shape index (κ1) is 16.8. The first-order valence-electron chi connectivity index (χ1n) is 5.65. The average Bonchev–Trinajstić information content (AvgIpc) is 2.27. The molecule has 0 saturated carbocycles. The Bertz CT molecular complexity index is 529. The number of hydrogen-bond acceptors (Lipinski definition) is 4. The topological polar surface area (TPSA) is 56.1 Å². The van der Waals surface area contributed by atoms with Crippen molar-refractivity contribution in [2.45, 2.75) is 32.1 Å². The molecule has 20 heavy (non-hydrogen) atoms. The number of anilines is 1. The summed E-state index contributed by atoms with van der Waals surface area (Å²) in [4.78, 5) is 11.7. The summed E-state index contributed by atoms with van der Waals surface area (Å²) in [6.45, 7) is 2.41. The van der Waals surface area contributed by atoms with E-state index < -0.39 is 23.8 Å². The van der Waals surface area contributed by atoms with Crippen LogP contribution in [0.5, 0.6) is 0 Å². The van der Waals surface area contributed by atoms with Gasteiger partial charge in [-0.1, -0.05) is 11.6 Å². The van der Waals surface area contributed by atoms with Crippen molar-refractivity contribution in [3.8, 4) is 0 Å². The van der Waals surface area contributed by atoms with Crippen molar-refractivity contribution in [3.05, 3.63) is 21.6 Å². The third kappa shape index (κ3) is 4.68. The fourth-order valence-electron chi connectivity index (χ4n) is 1.60. The summed E-state index contributed by atoms with van der Waals surface area (Å²) < 4.78 is 42.0. The minimum atomic E-state index is -4.54. The number of halogens is 4. The number of rotatable bonds is 5. The maximum absolute atomic E-state index is 12.3. The van der Waals surface area contributed by atoms with Gasteiger partial charge in [0.25, 0.3) is 5.56 Å². The number of alkyl halides is 3. The molecule has 0 spiro atoms. The van der Waals surface area contributed by atoms with Crippen LogP contribution in [-0.4, -0.2) is 35.2 Å². The van der Waals surface area contributed by atoms with Gasteiger partial charge in [0.2, 0.25) is 0 Å². The molecule has 1 aromatic rings. The van der Waals surface area contributed by atoms with E-state index in [4.69, 9.17) is 16.3 Å².